The van der Waals surface area contributed by atoms with Gasteiger partial charge >= 0.3 is 0 Å². The van der Waals surface area contributed by atoms with Crippen LogP contribution >= 0.6 is 12.6 Å². The average molecular weight is 156 g/mol. The third-order valence-corrected chi connectivity index (χ3v) is 3.94. The molecule has 0 heterocycles. The molecule has 0 spiro atoms. The Morgan fingerprint density at radius 2 is 1.70 bits per heavy atom. The normalized spacial score (nSPS) is 47.1. The number of rotatable bonds is 0. The van der Waals surface area contributed by atoms with Crippen LogP contribution in [0.25, 0.3) is 0 Å². The van der Waals surface area contributed by atoms with Gasteiger partial charge in [0.1, 0.15) is 0 Å². The van der Waals surface area contributed by atoms with Crippen molar-refractivity contribution < 1.29 is 0 Å². The maximum absolute atomic E-state index is 4.61. The first-order chi connectivity index (χ1) is 4.88. The van der Waals surface area contributed by atoms with Gasteiger partial charge in [-0.05, 0) is 31.1 Å². The lowest BCUT2D eigenvalue weighted by Gasteiger charge is -2.26. The molecule has 3 unspecified atom stereocenters. The number of hydrogen-bond donors (Lipinski definition) is 1. The lowest BCUT2D eigenvalue weighted by atomic mass is 9.82. The zero-order chi connectivity index (χ0) is 6.97. The summed E-state index contributed by atoms with van der Waals surface area (Å²) in [5, 5.41) is 0.755. The van der Waals surface area contributed by atoms with E-state index in [0.29, 0.717) is 0 Å². The molecule has 0 saturated heterocycles. The molecule has 0 N–H and O–H groups in total. The van der Waals surface area contributed by atoms with Crippen LogP contribution in [0.5, 0.6) is 0 Å². The summed E-state index contributed by atoms with van der Waals surface area (Å²) in [6.45, 7) is 0. The highest BCUT2D eigenvalue weighted by Crippen LogP contribution is 2.44. The molecule has 2 aliphatic carbocycles. The smallest absolute Gasteiger partial charge is 0.00478 e. The highest BCUT2D eigenvalue weighted by molar-refractivity contribution is 7.81. The minimum atomic E-state index is 0.755. The molecule has 0 nitrogen and oxygen atoms in total. The number of hydrogen-bond acceptors (Lipinski definition) is 1. The summed E-state index contributed by atoms with van der Waals surface area (Å²) in [4.78, 5) is 0. The molecule has 0 amide bonds. The summed E-state index contributed by atoms with van der Waals surface area (Å²) in [5.74, 6) is 2.06. The molecule has 10 heavy (non-hydrogen) atoms. The van der Waals surface area contributed by atoms with Gasteiger partial charge in [-0.3, -0.25) is 0 Å². The maximum atomic E-state index is 4.61. The fourth-order valence-corrected chi connectivity index (χ4v) is 3.24. The Balaban J connectivity index is 2.01. The van der Waals surface area contributed by atoms with Crippen molar-refractivity contribution >= 4 is 12.6 Å². The van der Waals surface area contributed by atoms with Gasteiger partial charge < -0.3 is 0 Å². The first-order valence-electron chi connectivity index (χ1n) is 4.56. The molecule has 0 aromatic carbocycles. The first kappa shape index (κ1) is 7.02. The van der Waals surface area contributed by atoms with Crippen molar-refractivity contribution in [1.29, 1.82) is 0 Å². The number of fused-ring (bicyclic) bond motifs is 1. The lowest BCUT2D eigenvalue weighted by Crippen LogP contribution is -2.18. The second-order valence-corrected chi connectivity index (χ2v) is 4.52. The minimum absolute atomic E-state index is 0.755. The van der Waals surface area contributed by atoms with Gasteiger partial charge in [0, 0.05) is 5.25 Å². The summed E-state index contributed by atoms with van der Waals surface area (Å²) in [6.07, 6.45) is 8.79. The largest absolute Gasteiger partial charge is 0.176 e. The molecule has 2 rings (SSSR count). The standard InChI is InChI=1S/C9H16S/c10-9-6-5-7-3-1-2-4-8(7)9/h7-10H,1-6H2. The van der Waals surface area contributed by atoms with Gasteiger partial charge in [-0.15, -0.1) is 0 Å². The van der Waals surface area contributed by atoms with E-state index in [4.69, 9.17) is 0 Å². The fourth-order valence-electron chi connectivity index (χ4n) is 2.70. The van der Waals surface area contributed by atoms with E-state index in [9.17, 15) is 0 Å². The van der Waals surface area contributed by atoms with Crippen molar-refractivity contribution in [3.63, 3.8) is 0 Å². The molecule has 0 aromatic rings. The predicted molar refractivity (Wildman–Crippen MR) is 47.5 cm³/mol. The van der Waals surface area contributed by atoms with E-state index in [-0.39, 0.29) is 0 Å². The molecule has 0 aromatic heterocycles. The van der Waals surface area contributed by atoms with Gasteiger partial charge in [-0.2, -0.15) is 12.6 Å². The Morgan fingerprint density at radius 3 is 2.50 bits per heavy atom. The van der Waals surface area contributed by atoms with Crippen molar-refractivity contribution in [2.45, 2.75) is 43.8 Å². The molecule has 3 atom stereocenters. The Bertz CT molecular complexity index is 120. The van der Waals surface area contributed by atoms with Crippen molar-refractivity contribution in [2.75, 3.05) is 0 Å². The van der Waals surface area contributed by atoms with Crippen LogP contribution in [0.1, 0.15) is 38.5 Å². The molecular weight excluding hydrogens is 140 g/mol. The van der Waals surface area contributed by atoms with E-state index < -0.39 is 0 Å². The zero-order valence-corrected chi connectivity index (χ0v) is 7.32. The van der Waals surface area contributed by atoms with Crippen molar-refractivity contribution in [2.24, 2.45) is 11.8 Å². The predicted octanol–water partition coefficient (Wildman–Crippen LogP) is 2.89. The van der Waals surface area contributed by atoms with Gasteiger partial charge in [0.15, 0.2) is 0 Å². The van der Waals surface area contributed by atoms with Crippen LogP contribution < -0.4 is 0 Å². The third kappa shape index (κ3) is 1.09. The van der Waals surface area contributed by atoms with E-state index in [0.717, 1.165) is 17.1 Å². The van der Waals surface area contributed by atoms with Gasteiger partial charge in [-0.25, -0.2) is 0 Å². The molecule has 0 aliphatic heterocycles. The summed E-state index contributed by atoms with van der Waals surface area (Å²) >= 11 is 4.61. The Kier molecular flexibility index (Phi) is 1.94. The first-order valence-corrected chi connectivity index (χ1v) is 5.07. The van der Waals surface area contributed by atoms with Gasteiger partial charge in [0.05, 0.1) is 0 Å². The summed E-state index contributed by atoms with van der Waals surface area (Å²) < 4.78 is 0. The van der Waals surface area contributed by atoms with Gasteiger partial charge in [0.2, 0.25) is 0 Å². The second kappa shape index (κ2) is 2.77. The topological polar surface area (TPSA) is 0 Å². The Hall–Kier alpha value is 0.350. The lowest BCUT2D eigenvalue weighted by molar-refractivity contribution is 0.281. The average Bonchev–Trinajstić information content (AvgIpc) is 2.34. The maximum Gasteiger partial charge on any atom is 0.00478 e. The Labute approximate surface area is 68.8 Å². The van der Waals surface area contributed by atoms with Crippen molar-refractivity contribution in [3.8, 4) is 0 Å². The van der Waals surface area contributed by atoms with Crippen LogP contribution in [0.15, 0.2) is 0 Å². The van der Waals surface area contributed by atoms with Crippen LogP contribution in [-0.4, -0.2) is 5.25 Å². The van der Waals surface area contributed by atoms with E-state index in [1.54, 1.807) is 0 Å². The molecule has 58 valence electrons. The minimum Gasteiger partial charge on any atom is -0.176 e. The van der Waals surface area contributed by atoms with Crippen LogP contribution in [0.3, 0.4) is 0 Å². The summed E-state index contributed by atoms with van der Waals surface area (Å²) in [7, 11) is 0. The van der Waals surface area contributed by atoms with Crippen molar-refractivity contribution in [3.05, 3.63) is 0 Å². The monoisotopic (exact) mass is 156 g/mol. The SMILES string of the molecule is SC1CCC2CCCCC12. The van der Waals surface area contributed by atoms with E-state index in [1.807, 2.05) is 0 Å². The van der Waals surface area contributed by atoms with Crippen molar-refractivity contribution in [1.82, 2.24) is 0 Å². The molecule has 1 heteroatoms. The van der Waals surface area contributed by atoms with Gasteiger partial charge in [0.25, 0.3) is 0 Å². The molecular formula is C9H16S. The number of thiol groups is 1. The van der Waals surface area contributed by atoms with E-state index in [1.165, 1.54) is 38.5 Å². The molecule has 2 fully saturated rings. The zero-order valence-electron chi connectivity index (χ0n) is 6.42. The van der Waals surface area contributed by atoms with Gasteiger partial charge in [-0.1, -0.05) is 19.3 Å². The molecule has 2 saturated carbocycles. The summed E-state index contributed by atoms with van der Waals surface area (Å²) in [6, 6.07) is 0. The van der Waals surface area contributed by atoms with E-state index >= 15 is 0 Å². The molecule has 0 radical (unpaired) electrons. The highest BCUT2D eigenvalue weighted by Gasteiger charge is 2.34. The van der Waals surface area contributed by atoms with Crippen LogP contribution in [0.4, 0.5) is 0 Å². The van der Waals surface area contributed by atoms with Crippen LogP contribution in [-0.2, 0) is 0 Å². The fraction of sp³-hybridized carbons (Fsp3) is 1.00. The molecule has 2 aliphatic rings. The Morgan fingerprint density at radius 1 is 0.900 bits per heavy atom. The van der Waals surface area contributed by atoms with E-state index in [2.05, 4.69) is 12.6 Å². The molecule has 0 bridgehead atoms. The van der Waals surface area contributed by atoms with Crippen LogP contribution in [0, 0.1) is 11.8 Å². The quantitative estimate of drug-likeness (QED) is 0.512. The second-order valence-electron chi connectivity index (χ2n) is 3.85. The third-order valence-electron chi connectivity index (χ3n) is 3.30. The summed E-state index contributed by atoms with van der Waals surface area (Å²) in [5.41, 5.74) is 0. The van der Waals surface area contributed by atoms with Crippen LogP contribution in [0.2, 0.25) is 0 Å². The highest BCUT2D eigenvalue weighted by atomic mass is 32.1.